The number of nitrogens with zero attached hydrogens (tertiary/aromatic N) is 1. The normalized spacial score (nSPS) is 19.8. The molecule has 1 atom stereocenters. The van der Waals surface area contributed by atoms with Crippen LogP contribution in [-0.4, -0.2) is 61.9 Å². The molecule has 1 unspecified atom stereocenters. The lowest BCUT2D eigenvalue weighted by Crippen LogP contribution is -2.53. The van der Waals surface area contributed by atoms with E-state index in [4.69, 9.17) is 14.2 Å². The maximum absolute atomic E-state index is 12.5. The highest BCUT2D eigenvalue weighted by atomic mass is 16.5. The van der Waals surface area contributed by atoms with Crippen LogP contribution in [0.1, 0.15) is 26.7 Å². The Bertz CT molecular complexity index is 643. The van der Waals surface area contributed by atoms with Crippen LogP contribution >= 0.6 is 0 Å². The van der Waals surface area contributed by atoms with Crippen LogP contribution in [0, 0.1) is 11.3 Å². The van der Waals surface area contributed by atoms with E-state index < -0.39 is 11.4 Å². The van der Waals surface area contributed by atoms with Crippen molar-refractivity contribution < 1.29 is 28.9 Å². The predicted molar refractivity (Wildman–Crippen MR) is 100 cm³/mol. The zero-order valence-electron chi connectivity index (χ0n) is 16.3. The smallest absolute Gasteiger partial charge is 0.313 e. The molecular weight excluding hydrogens is 350 g/mol. The molecule has 1 saturated heterocycles. The van der Waals surface area contributed by atoms with Gasteiger partial charge in [-0.25, -0.2) is 0 Å². The van der Waals surface area contributed by atoms with Gasteiger partial charge in [0.15, 0.2) is 6.61 Å². The second-order valence-electron chi connectivity index (χ2n) is 7.41. The average Bonchev–Trinajstić information content (AvgIpc) is 2.65. The van der Waals surface area contributed by atoms with Gasteiger partial charge in [0.05, 0.1) is 13.2 Å². The molecule has 1 aliphatic rings. The van der Waals surface area contributed by atoms with Gasteiger partial charge in [0.2, 0.25) is 0 Å². The summed E-state index contributed by atoms with van der Waals surface area (Å²) in [5.41, 5.74) is -1.05. The first-order valence-electron chi connectivity index (χ1n) is 9.22. The molecule has 7 heteroatoms. The number of carbonyl (C=O) groups excluding carboxylic acids is 1. The summed E-state index contributed by atoms with van der Waals surface area (Å²) in [5.74, 6) is 0.485. The third-order valence-electron chi connectivity index (χ3n) is 4.56. The van der Waals surface area contributed by atoms with Crippen molar-refractivity contribution in [2.75, 3.05) is 40.0 Å². The molecule has 7 nitrogen and oxygen atoms in total. The van der Waals surface area contributed by atoms with Crippen LogP contribution in [0.25, 0.3) is 0 Å². The molecule has 1 aromatic carbocycles. The second-order valence-corrected chi connectivity index (χ2v) is 7.41. The van der Waals surface area contributed by atoms with Crippen molar-refractivity contribution in [3.05, 3.63) is 24.3 Å². The van der Waals surface area contributed by atoms with Crippen LogP contribution in [0.4, 0.5) is 0 Å². The second kappa shape index (κ2) is 9.60. The summed E-state index contributed by atoms with van der Waals surface area (Å²) in [6, 6.07) is 7.16. The number of carboxylic acid groups (broad SMARTS) is 1. The Hall–Kier alpha value is -2.28. The van der Waals surface area contributed by atoms with Gasteiger partial charge in [-0.2, -0.15) is 0 Å². The fourth-order valence-corrected chi connectivity index (χ4v) is 3.13. The van der Waals surface area contributed by atoms with Crippen LogP contribution in [-0.2, 0) is 14.3 Å². The van der Waals surface area contributed by atoms with E-state index in [1.807, 2.05) is 12.1 Å². The average molecular weight is 379 g/mol. The molecule has 0 aromatic heterocycles. The first-order chi connectivity index (χ1) is 12.9. The highest BCUT2D eigenvalue weighted by molar-refractivity contribution is 5.80. The SMILES string of the molecule is COCC1(C(=O)O)CCCN(C(=O)COc2cccc(OCC(C)C)c2)C1. The maximum atomic E-state index is 12.5. The topological polar surface area (TPSA) is 85.3 Å². The first-order valence-corrected chi connectivity index (χ1v) is 9.22. The minimum absolute atomic E-state index is 0.0855. The van der Waals surface area contributed by atoms with Gasteiger partial charge in [-0.1, -0.05) is 19.9 Å². The minimum atomic E-state index is -1.05. The quantitative estimate of drug-likeness (QED) is 0.709. The van der Waals surface area contributed by atoms with E-state index in [1.165, 1.54) is 7.11 Å². The standard InChI is InChI=1S/C20H29NO6/c1-15(2)11-26-16-6-4-7-17(10-16)27-12-18(22)21-9-5-8-20(13-21,14-25-3)19(23)24/h4,6-7,10,15H,5,8-9,11-14H2,1-3H3,(H,23,24). The lowest BCUT2D eigenvalue weighted by atomic mass is 9.80. The van der Waals surface area contributed by atoms with Crippen LogP contribution < -0.4 is 9.47 Å². The molecule has 1 aliphatic heterocycles. The van der Waals surface area contributed by atoms with Crippen LogP contribution in [0.5, 0.6) is 11.5 Å². The van der Waals surface area contributed by atoms with E-state index in [2.05, 4.69) is 13.8 Å². The van der Waals surface area contributed by atoms with E-state index in [0.29, 0.717) is 43.4 Å². The molecule has 150 valence electrons. The molecule has 2 rings (SSSR count). The predicted octanol–water partition coefficient (Wildman–Crippen LogP) is 2.44. The molecule has 27 heavy (non-hydrogen) atoms. The third kappa shape index (κ3) is 5.85. The summed E-state index contributed by atoms with van der Waals surface area (Å²) in [7, 11) is 1.48. The van der Waals surface area contributed by atoms with Crippen molar-refractivity contribution in [1.82, 2.24) is 4.90 Å². The Morgan fingerprint density at radius 1 is 1.26 bits per heavy atom. The van der Waals surface area contributed by atoms with E-state index in [-0.39, 0.29) is 25.7 Å². The zero-order chi connectivity index (χ0) is 19.9. The maximum Gasteiger partial charge on any atom is 0.313 e. The van der Waals surface area contributed by atoms with Gasteiger partial charge in [0.1, 0.15) is 16.9 Å². The number of hydrogen-bond donors (Lipinski definition) is 1. The molecule has 1 fully saturated rings. The van der Waals surface area contributed by atoms with Gasteiger partial charge in [0.25, 0.3) is 5.91 Å². The summed E-state index contributed by atoms with van der Waals surface area (Å²) in [6.45, 7) is 5.34. The Labute approximate surface area is 160 Å². The highest BCUT2D eigenvalue weighted by Crippen LogP contribution is 2.31. The Kier molecular flexibility index (Phi) is 7.47. The molecular formula is C20H29NO6. The number of hydrogen-bond acceptors (Lipinski definition) is 5. The Morgan fingerprint density at radius 3 is 2.59 bits per heavy atom. The summed E-state index contributed by atoms with van der Waals surface area (Å²) in [4.78, 5) is 25.8. The zero-order valence-corrected chi connectivity index (χ0v) is 16.3. The summed E-state index contributed by atoms with van der Waals surface area (Å²) in [6.07, 6.45) is 1.12. The number of ether oxygens (including phenoxy) is 3. The van der Waals surface area contributed by atoms with Crippen molar-refractivity contribution in [1.29, 1.82) is 0 Å². The molecule has 1 N–H and O–H groups in total. The Balaban J connectivity index is 1.93. The third-order valence-corrected chi connectivity index (χ3v) is 4.56. The number of carboxylic acids is 1. The van der Waals surface area contributed by atoms with Crippen LogP contribution in [0.2, 0.25) is 0 Å². The van der Waals surface area contributed by atoms with E-state index in [1.54, 1.807) is 17.0 Å². The molecule has 0 saturated carbocycles. The number of piperidine rings is 1. The highest BCUT2D eigenvalue weighted by Gasteiger charge is 2.43. The van der Waals surface area contributed by atoms with Gasteiger partial charge < -0.3 is 24.2 Å². The molecule has 1 amide bonds. The number of likely N-dealkylation sites (tertiary alicyclic amines) is 1. The van der Waals surface area contributed by atoms with Crippen LogP contribution in [0.15, 0.2) is 24.3 Å². The van der Waals surface area contributed by atoms with Gasteiger partial charge in [-0.05, 0) is 30.9 Å². The van der Waals surface area contributed by atoms with Gasteiger partial charge >= 0.3 is 5.97 Å². The number of carbonyl (C=O) groups is 2. The van der Waals surface area contributed by atoms with Gasteiger partial charge in [-0.15, -0.1) is 0 Å². The fourth-order valence-electron chi connectivity index (χ4n) is 3.13. The van der Waals surface area contributed by atoms with E-state index in [0.717, 1.165) is 0 Å². The largest absolute Gasteiger partial charge is 0.493 e. The van der Waals surface area contributed by atoms with E-state index >= 15 is 0 Å². The number of methoxy groups -OCH3 is 1. The number of benzene rings is 1. The van der Waals surface area contributed by atoms with Gasteiger partial charge in [0, 0.05) is 26.3 Å². The molecule has 0 bridgehead atoms. The summed E-state index contributed by atoms with van der Waals surface area (Å²) in [5, 5.41) is 9.58. The van der Waals surface area contributed by atoms with Crippen molar-refractivity contribution >= 4 is 11.9 Å². The lowest BCUT2D eigenvalue weighted by molar-refractivity contribution is -0.159. The summed E-state index contributed by atoms with van der Waals surface area (Å²) >= 11 is 0. The monoisotopic (exact) mass is 379 g/mol. The van der Waals surface area contributed by atoms with Crippen LogP contribution in [0.3, 0.4) is 0 Å². The molecule has 1 heterocycles. The molecule has 0 aliphatic carbocycles. The van der Waals surface area contributed by atoms with Crippen molar-refractivity contribution in [2.24, 2.45) is 11.3 Å². The fraction of sp³-hybridized carbons (Fsp3) is 0.600. The van der Waals surface area contributed by atoms with Gasteiger partial charge in [-0.3, -0.25) is 9.59 Å². The first kappa shape index (κ1) is 21.0. The van der Waals surface area contributed by atoms with Crippen molar-refractivity contribution in [3.63, 3.8) is 0 Å². The van der Waals surface area contributed by atoms with Crippen molar-refractivity contribution in [3.8, 4) is 11.5 Å². The number of rotatable bonds is 9. The minimum Gasteiger partial charge on any atom is -0.493 e. The molecule has 0 spiro atoms. The van der Waals surface area contributed by atoms with E-state index in [9.17, 15) is 14.7 Å². The number of amides is 1. The molecule has 1 aromatic rings. The van der Waals surface area contributed by atoms with Crippen molar-refractivity contribution in [2.45, 2.75) is 26.7 Å². The number of aliphatic carboxylic acids is 1. The Morgan fingerprint density at radius 2 is 1.96 bits per heavy atom. The summed E-state index contributed by atoms with van der Waals surface area (Å²) < 4.78 is 16.4. The lowest BCUT2D eigenvalue weighted by Gasteiger charge is -2.39. The molecule has 0 radical (unpaired) electrons.